The van der Waals surface area contributed by atoms with E-state index in [9.17, 15) is 48.0 Å². The number of hydrogen-bond donors (Lipinski definition) is 0. The number of esters is 1. The Morgan fingerprint density at radius 1 is 0.963 bits per heavy atom. The molecule has 0 bridgehead atoms. The topological polar surface area (TPSA) is 94.6 Å². The minimum absolute atomic E-state index is 0.0386. The Labute approximate surface area is 151 Å². The molecular weight excluding hydrogens is 430 g/mol. The standard InChI is InChI=1S/C13H16F6O6S2/c1-7(2)10(20)25-9-6-4-3-5-8(9)11(26(21,22)12(14,15)16)27(23,24)13(17,18)19/h8-9,11H,1,3-6H2,2H3. The van der Waals surface area contributed by atoms with Gasteiger partial charge in [-0.1, -0.05) is 13.0 Å². The number of sulfone groups is 2. The fraction of sp³-hybridized carbons (Fsp3) is 0.769. The van der Waals surface area contributed by atoms with E-state index in [2.05, 4.69) is 6.58 Å². The van der Waals surface area contributed by atoms with Crippen LogP contribution in [0.3, 0.4) is 0 Å². The molecule has 1 rings (SSSR count). The third-order valence-corrected chi connectivity index (χ3v) is 8.70. The fourth-order valence-electron chi connectivity index (χ4n) is 2.71. The number of carbonyl (C=O) groups is 1. The average molecular weight is 446 g/mol. The van der Waals surface area contributed by atoms with Crippen molar-refractivity contribution < 1.29 is 52.7 Å². The van der Waals surface area contributed by atoms with Crippen LogP contribution in [0.1, 0.15) is 32.6 Å². The van der Waals surface area contributed by atoms with Gasteiger partial charge >= 0.3 is 17.0 Å². The fourth-order valence-corrected chi connectivity index (χ4v) is 6.77. The number of halogens is 6. The highest BCUT2D eigenvalue weighted by atomic mass is 32.3. The van der Waals surface area contributed by atoms with Gasteiger partial charge in [0.25, 0.3) is 19.7 Å². The molecule has 0 N–H and O–H groups in total. The molecule has 0 aliphatic heterocycles. The van der Waals surface area contributed by atoms with E-state index in [1.54, 1.807) is 0 Å². The zero-order valence-electron chi connectivity index (χ0n) is 13.8. The summed E-state index contributed by atoms with van der Waals surface area (Å²) in [4.78, 5) is 11.6. The average Bonchev–Trinajstić information content (AvgIpc) is 2.46. The van der Waals surface area contributed by atoms with Gasteiger partial charge in [-0.25, -0.2) is 21.6 Å². The Balaban J connectivity index is 3.58. The molecule has 0 radical (unpaired) electrons. The van der Waals surface area contributed by atoms with E-state index in [1.165, 1.54) is 0 Å². The highest BCUT2D eigenvalue weighted by molar-refractivity contribution is 8.09. The molecule has 2 unspecified atom stereocenters. The maximum Gasteiger partial charge on any atom is 0.498 e. The van der Waals surface area contributed by atoms with Crippen molar-refractivity contribution in [2.75, 3.05) is 0 Å². The molecule has 1 aliphatic rings. The van der Waals surface area contributed by atoms with Crippen molar-refractivity contribution in [1.29, 1.82) is 0 Å². The van der Waals surface area contributed by atoms with Crippen LogP contribution in [0.5, 0.6) is 0 Å². The van der Waals surface area contributed by atoms with Crippen LogP contribution in [-0.2, 0) is 29.2 Å². The minimum atomic E-state index is -6.79. The van der Waals surface area contributed by atoms with Crippen molar-refractivity contribution in [2.45, 2.75) is 54.3 Å². The quantitative estimate of drug-likeness (QED) is 0.366. The Morgan fingerprint density at radius 2 is 1.37 bits per heavy atom. The van der Waals surface area contributed by atoms with Gasteiger partial charge in [-0.3, -0.25) is 0 Å². The number of rotatable bonds is 5. The summed E-state index contributed by atoms with van der Waals surface area (Å²) < 4.78 is 125. The lowest BCUT2D eigenvalue weighted by Crippen LogP contribution is -2.53. The van der Waals surface area contributed by atoms with Crippen LogP contribution in [0.25, 0.3) is 0 Å². The van der Waals surface area contributed by atoms with E-state index in [1.807, 2.05) is 0 Å². The van der Waals surface area contributed by atoms with Gasteiger partial charge in [-0.05, 0) is 26.2 Å². The lowest BCUT2D eigenvalue weighted by Gasteiger charge is -2.36. The van der Waals surface area contributed by atoms with Crippen molar-refractivity contribution in [1.82, 2.24) is 0 Å². The van der Waals surface area contributed by atoms with Crippen LogP contribution in [-0.4, -0.2) is 44.5 Å². The summed E-state index contributed by atoms with van der Waals surface area (Å²) >= 11 is 0. The highest BCUT2D eigenvalue weighted by Gasteiger charge is 2.66. The van der Waals surface area contributed by atoms with Crippen LogP contribution in [0, 0.1) is 5.92 Å². The van der Waals surface area contributed by atoms with E-state index >= 15 is 0 Å². The van der Waals surface area contributed by atoms with Crippen LogP contribution in [0.15, 0.2) is 12.2 Å². The van der Waals surface area contributed by atoms with Gasteiger partial charge < -0.3 is 4.74 Å². The number of ether oxygens (including phenoxy) is 1. The number of carbonyl (C=O) groups excluding carboxylic acids is 1. The summed E-state index contributed by atoms with van der Waals surface area (Å²) in [5, 5.41) is 0. The van der Waals surface area contributed by atoms with E-state index in [0.717, 1.165) is 6.92 Å². The molecule has 0 heterocycles. The highest BCUT2D eigenvalue weighted by Crippen LogP contribution is 2.44. The van der Waals surface area contributed by atoms with Gasteiger partial charge in [0.15, 0.2) is 4.58 Å². The molecule has 1 fully saturated rings. The zero-order chi connectivity index (χ0) is 21.4. The van der Waals surface area contributed by atoms with Gasteiger partial charge in [0, 0.05) is 11.5 Å². The molecule has 0 saturated heterocycles. The normalized spacial score (nSPS) is 22.5. The second kappa shape index (κ2) is 7.60. The zero-order valence-corrected chi connectivity index (χ0v) is 15.4. The largest absolute Gasteiger partial charge is 0.498 e. The van der Waals surface area contributed by atoms with Crippen molar-refractivity contribution in [3.05, 3.63) is 12.2 Å². The first-order valence-corrected chi connectivity index (χ1v) is 10.5. The van der Waals surface area contributed by atoms with E-state index < -0.39 is 59.7 Å². The molecule has 1 aliphatic carbocycles. The van der Waals surface area contributed by atoms with Crippen LogP contribution in [0.2, 0.25) is 0 Å². The Morgan fingerprint density at radius 3 is 1.74 bits per heavy atom. The lowest BCUT2D eigenvalue weighted by molar-refractivity contribution is -0.148. The predicted molar refractivity (Wildman–Crippen MR) is 80.4 cm³/mol. The third kappa shape index (κ3) is 4.76. The third-order valence-electron chi connectivity index (χ3n) is 3.97. The van der Waals surface area contributed by atoms with Gasteiger partial charge in [0.2, 0.25) is 0 Å². The maximum absolute atomic E-state index is 12.9. The molecule has 0 aromatic rings. The monoisotopic (exact) mass is 446 g/mol. The molecule has 6 nitrogen and oxygen atoms in total. The second-order valence-corrected chi connectivity index (χ2v) is 10.4. The van der Waals surface area contributed by atoms with Crippen molar-refractivity contribution >= 4 is 25.6 Å². The first-order chi connectivity index (χ1) is 11.9. The summed E-state index contributed by atoms with van der Waals surface area (Å²) in [5.74, 6) is -3.42. The number of hydrogen-bond acceptors (Lipinski definition) is 6. The van der Waals surface area contributed by atoms with Crippen molar-refractivity contribution in [3.63, 3.8) is 0 Å². The van der Waals surface area contributed by atoms with E-state index in [-0.39, 0.29) is 24.8 Å². The molecule has 27 heavy (non-hydrogen) atoms. The Kier molecular flexibility index (Phi) is 6.68. The summed E-state index contributed by atoms with van der Waals surface area (Å²) in [7, 11) is -13.6. The molecule has 2 atom stereocenters. The first kappa shape index (κ1) is 23.7. The molecule has 0 aromatic carbocycles. The molecular formula is C13H16F6O6S2. The van der Waals surface area contributed by atoms with Gasteiger partial charge in [0.1, 0.15) is 6.10 Å². The molecule has 0 spiro atoms. The van der Waals surface area contributed by atoms with E-state index in [4.69, 9.17) is 4.74 Å². The predicted octanol–water partition coefficient (Wildman–Crippen LogP) is 2.86. The van der Waals surface area contributed by atoms with Crippen LogP contribution in [0.4, 0.5) is 26.3 Å². The molecule has 0 aromatic heterocycles. The van der Waals surface area contributed by atoms with Crippen LogP contribution < -0.4 is 0 Å². The van der Waals surface area contributed by atoms with Gasteiger partial charge in [-0.2, -0.15) is 26.3 Å². The minimum Gasteiger partial charge on any atom is -0.459 e. The van der Waals surface area contributed by atoms with E-state index in [0.29, 0.717) is 0 Å². The summed E-state index contributed by atoms with van der Waals surface area (Å²) in [6.45, 7) is 4.34. The first-order valence-electron chi connectivity index (χ1n) is 7.41. The molecule has 0 amide bonds. The Bertz CT molecular complexity index is 752. The SMILES string of the molecule is C=C(C)C(=O)OC1CCCCC1C(S(=O)(=O)C(F)(F)F)S(=O)(=O)C(F)(F)F. The smallest absolute Gasteiger partial charge is 0.459 e. The summed E-state index contributed by atoms with van der Waals surface area (Å²) in [6, 6.07) is 0. The van der Waals surface area contributed by atoms with Crippen LogP contribution >= 0.6 is 0 Å². The molecule has 158 valence electrons. The summed E-state index contributed by atoms with van der Waals surface area (Å²) in [5.41, 5.74) is -12.7. The lowest BCUT2D eigenvalue weighted by atomic mass is 9.87. The van der Waals surface area contributed by atoms with Gasteiger partial charge in [0.05, 0.1) is 0 Å². The van der Waals surface area contributed by atoms with Gasteiger partial charge in [-0.15, -0.1) is 0 Å². The maximum atomic E-state index is 12.9. The van der Waals surface area contributed by atoms with Crippen molar-refractivity contribution in [2.24, 2.45) is 5.92 Å². The molecule has 14 heteroatoms. The number of alkyl halides is 6. The summed E-state index contributed by atoms with van der Waals surface area (Å²) in [6.07, 6.45) is -2.52. The van der Waals surface area contributed by atoms with Crippen molar-refractivity contribution in [3.8, 4) is 0 Å². The molecule has 1 saturated carbocycles. The Hall–Kier alpha value is -1.31. The second-order valence-electron chi connectivity index (χ2n) is 6.02.